The van der Waals surface area contributed by atoms with Crippen molar-refractivity contribution in [3.8, 4) is 0 Å². The Morgan fingerprint density at radius 3 is 2.61 bits per heavy atom. The van der Waals surface area contributed by atoms with E-state index in [4.69, 9.17) is 11.6 Å². The van der Waals surface area contributed by atoms with Crippen LogP contribution in [0.3, 0.4) is 0 Å². The molecule has 3 rings (SSSR count). The van der Waals surface area contributed by atoms with Gasteiger partial charge >= 0.3 is 0 Å². The Balaban J connectivity index is 1.64. The van der Waals surface area contributed by atoms with Gasteiger partial charge < -0.3 is 15.2 Å². The molecule has 0 saturated heterocycles. The Labute approximate surface area is 210 Å². The first-order chi connectivity index (χ1) is 15.8. The Bertz CT molecular complexity index is 1170. The summed E-state index contributed by atoms with van der Waals surface area (Å²) in [5, 5.41) is 15.2. The summed E-state index contributed by atoms with van der Waals surface area (Å²) in [6.45, 7) is 8.30. The van der Waals surface area contributed by atoms with Gasteiger partial charge in [-0.15, -0.1) is 16.8 Å². The zero-order valence-electron chi connectivity index (χ0n) is 18.2. The fourth-order valence-electron chi connectivity index (χ4n) is 3.17. The maximum atomic E-state index is 12.6. The Hall–Kier alpha value is -2.62. The molecule has 0 aliphatic rings. The number of aromatic nitrogens is 3. The van der Waals surface area contributed by atoms with Gasteiger partial charge in [0.05, 0.1) is 12.3 Å². The number of benzene rings is 2. The molecule has 10 heteroatoms. The molecule has 0 spiro atoms. The van der Waals surface area contributed by atoms with E-state index >= 15 is 0 Å². The molecule has 2 aromatic carbocycles. The minimum atomic E-state index is -0.264. The van der Waals surface area contributed by atoms with E-state index < -0.39 is 0 Å². The van der Waals surface area contributed by atoms with E-state index in [1.165, 1.54) is 11.8 Å². The van der Waals surface area contributed by atoms with Crippen molar-refractivity contribution in [2.24, 2.45) is 0 Å². The van der Waals surface area contributed by atoms with Gasteiger partial charge in [-0.1, -0.05) is 51.4 Å². The van der Waals surface area contributed by atoms with Crippen molar-refractivity contribution in [2.75, 3.05) is 11.1 Å². The van der Waals surface area contributed by atoms with Crippen LogP contribution in [0.5, 0.6) is 0 Å². The Kier molecular flexibility index (Phi) is 8.71. The number of nitrogens with zero attached hydrogens (tertiary/aromatic N) is 3. The first-order valence-corrected chi connectivity index (χ1v) is 12.2. The number of thioether (sulfide) groups is 1. The second-order valence-electron chi connectivity index (χ2n) is 7.24. The van der Waals surface area contributed by atoms with Crippen molar-refractivity contribution >= 4 is 56.8 Å². The van der Waals surface area contributed by atoms with Gasteiger partial charge in [0.1, 0.15) is 0 Å². The molecular formula is C23H23BrClN5O2S. The van der Waals surface area contributed by atoms with Gasteiger partial charge in [0.15, 0.2) is 11.0 Å². The predicted molar refractivity (Wildman–Crippen MR) is 136 cm³/mol. The lowest BCUT2D eigenvalue weighted by molar-refractivity contribution is -0.113. The lowest BCUT2D eigenvalue weighted by atomic mass is 10.1. The number of carbonyl (C=O) groups is 2. The standard InChI is InChI=1S/C23H23BrClN5O2S/c1-4-8-30-19(12-26-22(32)16-6-5-7-18(25)11-16)28-29-23(30)33-13-20(31)27-21-14(2)9-17(24)10-15(21)3/h4-7,9-11H,1,8,12-13H2,2-3H3,(H,26,32)(H,27,31). The summed E-state index contributed by atoms with van der Waals surface area (Å²) in [6.07, 6.45) is 1.71. The largest absolute Gasteiger partial charge is 0.345 e. The predicted octanol–water partition coefficient (Wildman–Crippen LogP) is 5.16. The van der Waals surface area contributed by atoms with Crippen molar-refractivity contribution in [2.45, 2.75) is 32.1 Å². The van der Waals surface area contributed by atoms with Crippen LogP contribution in [0.15, 0.2) is 58.7 Å². The van der Waals surface area contributed by atoms with Crippen molar-refractivity contribution in [3.05, 3.63) is 81.1 Å². The highest BCUT2D eigenvalue weighted by molar-refractivity contribution is 9.10. The smallest absolute Gasteiger partial charge is 0.251 e. The molecule has 172 valence electrons. The van der Waals surface area contributed by atoms with E-state index in [1.807, 2.05) is 30.5 Å². The molecule has 0 aliphatic heterocycles. The number of carbonyl (C=O) groups excluding carboxylic acids is 2. The minimum Gasteiger partial charge on any atom is -0.345 e. The van der Waals surface area contributed by atoms with Crippen molar-refractivity contribution in [1.29, 1.82) is 0 Å². The van der Waals surface area contributed by atoms with Gasteiger partial charge in [-0.2, -0.15) is 0 Å². The summed E-state index contributed by atoms with van der Waals surface area (Å²) < 4.78 is 2.79. The molecule has 0 atom stereocenters. The van der Waals surface area contributed by atoms with Crippen LogP contribution < -0.4 is 10.6 Å². The zero-order valence-corrected chi connectivity index (χ0v) is 21.4. The summed E-state index contributed by atoms with van der Waals surface area (Å²) in [6, 6.07) is 10.6. The van der Waals surface area contributed by atoms with E-state index in [0.29, 0.717) is 28.1 Å². The third-order valence-corrected chi connectivity index (χ3v) is 6.35. The molecular weight excluding hydrogens is 526 g/mol. The van der Waals surface area contributed by atoms with Gasteiger partial charge in [0.25, 0.3) is 5.91 Å². The molecule has 0 aliphatic carbocycles. The first kappa shape index (κ1) is 25.0. The summed E-state index contributed by atoms with van der Waals surface area (Å²) in [4.78, 5) is 25.0. The molecule has 2 amide bonds. The van der Waals surface area contributed by atoms with Crippen molar-refractivity contribution < 1.29 is 9.59 Å². The van der Waals surface area contributed by atoms with Crippen LogP contribution in [-0.4, -0.2) is 32.3 Å². The second-order valence-corrected chi connectivity index (χ2v) is 9.54. The molecule has 1 heterocycles. The SMILES string of the molecule is C=CCn1c(CNC(=O)c2cccc(Cl)c2)nnc1SCC(=O)Nc1c(C)cc(Br)cc1C. The fourth-order valence-corrected chi connectivity index (χ4v) is 4.82. The third-order valence-electron chi connectivity index (χ3n) is 4.69. The average Bonchev–Trinajstić information content (AvgIpc) is 3.15. The minimum absolute atomic E-state index is 0.141. The molecule has 0 radical (unpaired) electrons. The monoisotopic (exact) mass is 547 g/mol. The highest BCUT2D eigenvalue weighted by Crippen LogP contribution is 2.26. The fraction of sp³-hybridized carbons (Fsp3) is 0.217. The second kappa shape index (κ2) is 11.5. The van der Waals surface area contributed by atoms with E-state index in [-0.39, 0.29) is 24.1 Å². The topological polar surface area (TPSA) is 88.9 Å². The quantitative estimate of drug-likeness (QED) is 0.285. The average molecular weight is 549 g/mol. The van der Waals surface area contributed by atoms with Gasteiger partial charge in [0, 0.05) is 27.3 Å². The Morgan fingerprint density at radius 1 is 1.21 bits per heavy atom. The van der Waals surface area contributed by atoms with Crippen LogP contribution in [0, 0.1) is 13.8 Å². The molecule has 0 bridgehead atoms. The van der Waals surface area contributed by atoms with Gasteiger partial charge in [-0.3, -0.25) is 9.59 Å². The van der Waals surface area contributed by atoms with Gasteiger partial charge in [0.2, 0.25) is 5.91 Å². The van der Waals surface area contributed by atoms with E-state index in [0.717, 1.165) is 21.3 Å². The third kappa shape index (κ3) is 6.69. The summed E-state index contributed by atoms with van der Waals surface area (Å²) in [5.41, 5.74) is 3.23. The van der Waals surface area contributed by atoms with E-state index in [2.05, 4.69) is 43.3 Å². The normalized spacial score (nSPS) is 10.7. The highest BCUT2D eigenvalue weighted by atomic mass is 79.9. The van der Waals surface area contributed by atoms with E-state index in [9.17, 15) is 9.59 Å². The number of rotatable bonds is 9. The summed E-state index contributed by atoms with van der Waals surface area (Å²) in [7, 11) is 0. The van der Waals surface area contributed by atoms with Crippen LogP contribution in [0.25, 0.3) is 0 Å². The number of halogens is 2. The van der Waals surface area contributed by atoms with Crippen LogP contribution >= 0.6 is 39.3 Å². The molecule has 3 aromatic rings. The molecule has 2 N–H and O–H groups in total. The van der Waals surface area contributed by atoms with Crippen molar-refractivity contribution in [1.82, 2.24) is 20.1 Å². The molecule has 0 saturated carbocycles. The van der Waals surface area contributed by atoms with Crippen LogP contribution in [0.2, 0.25) is 5.02 Å². The zero-order chi connectivity index (χ0) is 24.0. The number of allylic oxidation sites excluding steroid dienone is 1. The van der Waals surface area contributed by atoms with E-state index in [1.54, 1.807) is 30.3 Å². The van der Waals surface area contributed by atoms with Crippen LogP contribution in [0.4, 0.5) is 5.69 Å². The number of aryl methyl sites for hydroxylation is 2. The lowest BCUT2D eigenvalue weighted by Crippen LogP contribution is -2.24. The summed E-state index contributed by atoms with van der Waals surface area (Å²) in [5.74, 6) is 0.323. The molecule has 7 nitrogen and oxygen atoms in total. The van der Waals surface area contributed by atoms with Crippen molar-refractivity contribution in [3.63, 3.8) is 0 Å². The maximum Gasteiger partial charge on any atom is 0.251 e. The number of hydrogen-bond donors (Lipinski definition) is 2. The molecule has 0 fully saturated rings. The first-order valence-electron chi connectivity index (χ1n) is 10.0. The number of nitrogens with one attached hydrogen (secondary N) is 2. The number of anilines is 1. The lowest BCUT2D eigenvalue weighted by Gasteiger charge is -2.12. The van der Waals surface area contributed by atoms with Crippen LogP contribution in [0.1, 0.15) is 27.3 Å². The number of amides is 2. The van der Waals surface area contributed by atoms with Gasteiger partial charge in [-0.05, 0) is 55.3 Å². The van der Waals surface area contributed by atoms with Crippen LogP contribution in [-0.2, 0) is 17.9 Å². The maximum absolute atomic E-state index is 12.6. The number of hydrogen-bond acceptors (Lipinski definition) is 5. The molecule has 33 heavy (non-hydrogen) atoms. The highest BCUT2D eigenvalue weighted by Gasteiger charge is 2.16. The van der Waals surface area contributed by atoms with Gasteiger partial charge in [-0.25, -0.2) is 0 Å². The Morgan fingerprint density at radius 2 is 1.94 bits per heavy atom. The summed E-state index contributed by atoms with van der Waals surface area (Å²) >= 11 is 10.7. The molecule has 1 aromatic heterocycles. The molecule has 0 unspecified atom stereocenters.